The number of ether oxygens (including phenoxy) is 1. The Balaban J connectivity index is 1.36. The quantitative estimate of drug-likeness (QED) is 0.163. The summed E-state index contributed by atoms with van der Waals surface area (Å²) in [5.74, 6) is -0.386. The van der Waals surface area contributed by atoms with Gasteiger partial charge in [-0.1, -0.05) is 68.3 Å². The topological polar surface area (TPSA) is 107 Å². The third-order valence-electron chi connectivity index (χ3n) is 9.40. The van der Waals surface area contributed by atoms with Gasteiger partial charge in [-0.25, -0.2) is 13.2 Å². The summed E-state index contributed by atoms with van der Waals surface area (Å²) in [5.41, 5.74) is 5.55. The lowest BCUT2D eigenvalue weighted by Gasteiger charge is -2.41. The van der Waals surface area contributed by atoms with Crippen molar-refractivity contribution in [1.82, 2.24) is 4.72 Å². The second-order valence-corrected chi connectivity index (χ2v) is 14.8. The van der Waals surface area contributed by atoms with E-state index in [4.69, 9.17) is 14.0 Å². The molecule has 242 valence electrons. The van der Waals surface area contributed by atoms with Crippen molar-refractivity contribution in [3.8, 4) is 5.75 Å². The van der Waals surface area contributed by atoms with Gasteiger partial charge in [0.2, 0.25) is 10.0 Å². The summed E-state index contributed by atoms with van der Waals surface area (Å²) in [5, 5.41) is 5.20. The van der Waals surface area contributed by atoms with Crippen molar-refractivity contribution in [3.63, 3.8) is 0 Å². The highest BCUT2D eigenvalue weighted by molar-refractivity contribution is 7.89. The average molecular weight is 643 g/mol. The Hall–Kier alpha value is -3.95. The fraction of sp³-hybridized carbons (Fsp3) is 0.405. The van der Waals surface area contributed by atoms with E-state index in [1.807, 2.05) is 50.2 Å². The number of carbonyl (C=O) groups excluding carboxylic acids is 1. The van der Waals surface area contributed by atoms with Crippen molar-refractivity contribution in [3.05, 3.63) is 100 Å². The molecule has 1 aliphatic carbocycles. The Morgan fingerprint density at radius 2 is 1.70 bits per heavy atom. The maximum atomic E-state index is 13.4. The third-order valence-corrected chi connectivity index (χ3v) is 10.9. The zero-order valence-corrected chi connectivity index (χ0v) is 27.8. The van der Waals surface area contributed by atoms with E-state index in [2.05, 4.69) is 15.9 Å². The Morgan fingerprint density at radius 3 is 2.39 bits per heavy atom. The van der Waals surface area contributed by atoms with Gasteiger partial charge in [0.1, 0.15) is 23.0 Å². The number of fused-ring (bicyclic) bond motifs is 2. The van der Waals surface area contributed by atoms with Gasteiger partial charge in [-0.15, -0.1) is 0 Å². The Labute approximate surface area is 270 Å². The maximum Gasteiger partial charge on any atom is 0.353 e. The van der Waals surface area contributed by atoms with E-state index < -0.39 is 28.0 Å². The van der Waals surface area contributed by atoms with E-state index in [-0.39, 0.29) is 16.1 Å². The van der Waals surface area contributed by atoms with Crippen LogP contribution in [0.15, 0.2) is 81.2 Å². The Morgan fingerprint density at radius 1 is 0.978 bits per heavy atom. The summed E-state index contributed by atoms with van der Waals surface area (Å²) in [7, 11) is -3.98. The number of nitrogens with one attached hydrogen (secondary N) is 1. The molecule has 8 nitrogen and oxygen atoms in total. The van der Waals surface area contributed by atoms with Gasteiger partial charge in [-0.3, -0.25) is 0 Å². The second-order valence-electron chi connectivity index (χ2n) is 13.1. The van der Waals surface area contributed by atoms with Crippen LogP contribution >= 0.6 is 0 Å². The molecule has 4 aromatic rings. The SMILES string of the molecule is Cc1ccc(S(=O)(=O)N[C@H](C(=O)O/N=c2/oc3cc4c(cc3c(C)c2Cc2ccccc2)CCC2(CCCCC2)O4)C(C)C)cc1. The molecule has 3 aromatic carbocycles. The van der Waals surface area contributed by atoms with Gasteiger partial charge in [0, 0.05) is 23.4 Å². The fourth-order valence-electron chi connectivity index (χ4n) is 6.59. The van der Waals surface area contributed by atoms with Crippen molar-refractivity contribution >= 4 is 27.0 Å². The van der Waals surface area contributed by atoms with Crippen LogP contribution in [0, 0.1) is 19.8 Å². The highest BCUT2D eigenvalue weighted by Gasteiger charge is 2.38. The summed E-state index contributed by atoms with van der Waals surface area (Å²) in [4.78, 5) is 18.9. The zero-order valence-electron chi connectivity index (χ0n) is 27.0. The molecule has 46 heavy (non-hydrogen) atoms. The summed E-state index contributed by atoms with van der Waals surface area (Å²) in [6, 6.07) is 19.4. The number of hydrogen-bond acceptors (Lipinski definition) is 7. The molecule has 6 rings (SSSR count). The molecule has 1 saturated carbocycles. The molecule has 0 unspecified atom stereocenters. The second kappa shape index (κ2) is 13.0. The number of sulfonamides is 1. The van der Waals surface area contributed by atoms with Crippen molar-refractivity contribution in [2.45, 2.75) is 95.6 Å². The van der Waals surface area contributed by atoms with Crippen LogP contribution in [0.2, 0.25) is 0 Å². The van der Waals surface area contributed by atoms with Crippen LogP contribution < -0.4 is 15.0 Å². The zero-order chi connectivity index (χ0) is 32.5. The lowest BCUT2D eigenvalue weighted by molar-refractivity contribution is -0.147. The molecule has 0 amide bonds. The molecule has 9 heteroatoms. The molecular formula is C37H42N2O6S. The largest absolute Gasteiger partial charge is 0.487 e. The summed E-state index contributed by atoms with van der Waals surface area (Å²) >= 11 is 0. The van der Waals surface area contributed by atoms with Crippen molar-refractivity contribution in [2.24, 2.45) is 11.1 Å². The highest BCUT2D eigenvalue weighted by atomic mass is 32.2. The molecule has 1 fully saturated rings. The van der Waals surface area contributed by atoms with E-state index in [1.165, 1.54) is 37.0 Å². The molecule has 0 bridgehead atoms. The molecule has 1 aromatic heterocycles. The number of benzene rings is 3. The number of aryl methyl sites for hydroxylation is 3. The molecule has 1 N–H and O–H groups in total. The average Bonchev–Trinajstić information content (AvgIpc) is 3.04. The van der Waals surface area contributed by atoms with E-state index in [0.29, 0.717) is 12.0 Å². The highest BCUT2D eigenvalue weighted by Crippen LogP contribution is 2.43. The first-order chi connectivity index (χ1) is 22.0. The monoisotopic (exact) mass is 642 g/mol. The molecule has 1 aliphatic heterocycles. The van der Waals surface area contributed by atoms with E-state index in [1.54, 1.807) is 26.0 Å². The van der Waals surface area contributed by atoms with Gasteiger partial charge in [0.05, 0.1) is 4.90 Å². The maximum absolute atomic E-state index is 13.4. The van der Waals surface area contributed by atoms with Crippen LogP contribution in [0.5, 0.6) is 5.75 Å². The Bertz CT molecular complexity index is 1910. The van der Waals surface area contributed by atoms with Crippen molar-refractivity contribution < 1.29 is 27.2 Å². The van der Waals surface area contributed by atoms with Crippen LogP contribution in [0.3, 0.4) is 0 Å². The lowest BCUT2D eigenvalue weighted by atomic mass is 9.79. The molecule has 1 spiro atoms. The molecule has 0 saturated heterocycles. The summed E-state index contributed by atoms with van der Waals surface area (Å²) < 4.78 is 41.9. The van der Waals surface area contributed by atoms with Gasteiger partial charge in [-0.05, 0) is 98.3 Å². The number of hydrogen-bond donors (Lipinski definition) is 1. The molecular weight excluding hydrogens is 600 g/mol. The molecule has 2 aliphatic rings. The van der Waals surface area contributed by atoms with Gasteiger partial charge in [0.15, 0.2) is 0 Å². The smallest absolute Gasteiger partial charge is 0.353 e. The predicted octanol–water partition coefficient (Wildman–Crippen LogP) is 7.03. The predicted molar refractivity (Wildman–Crippen MR) is 177 cm³/mol. The summed E-state index contributed by atoms with van der Waals surface area (Å²) in [6.45, 7) is 7.40. The molecule has 1 atom stereocenters. The third kappa shape index (κ3) is 6.76. The molecule has 0 radical (unpaired) electrons. The standard InChI is InChI=1S/C37H42N2O6S/c1-24(2)34(39-46(41,42)29-15-13-25(3)14-16-29)36(40)45-38-35-31(21-27-11-7-5-8-12-27)26(4)30-22-28-17-20-37(18-9-6-10-19-37)44-32(28)23-33(30)43-35/h5,7-8,11-16,22-24,34,39H,6,9-10,17-21H2,1-4H3/b38-35+/t34-/m0/s1. The van der Waals surface area contributed by atoms with Gasteiger partial charge in [-0.2, -0.15) is 4.72 Å². The minimum Gasteiger partial charge on any atom is -0.487 e. The van der Waals surface area contributed by atoms with Gasteiger partial charge in [0.25, 0.3) is 5.55 Å². The Kier molecular flexibility index (Phi) is 9.08. The summed E-state index contributed by atoms with van der Waals surface area (Å²) in [6.07, 6.45) is 8.24. The van der Waals surface area contributed by atoms with Crippen LogP contribution in [0.1, 0.15) is 80.2 Å². The normalized spacial score (nSPS) is 17.1. The van der Waals surface area contributed by atoms with E-state index in [0.717, 1.165) is 59.1 Å². The molecule has 2 heterocycles. The number of carbonyl (C=O) groups is 1. The van der Waals surface area contributed by atoms with Gasteiger partial charge < -0.3 is 14.0 Å². The fourth-order valence-corrected chi connectivity index (χ4v) is 7.92. The van der Waals surface area contributed by atoms with Crippen LogP contribution in [0.25, 0.3) is 11.0 Å². The lowest BCUT2D eigenvalue weighted by Crippen LogP contribution is -2.45. The van der Waals surface area contributed by atoms with Gasteiger partial charge >= 0.3 is 5.97 Å². The number of nitrogens with zero attached hydrogens (tertiary/aromatic N) is 1. The van der Waals surface area contributed by atoms with Crippen LogP contribution in [-0.4, -0.2) is 26.0 Å². The first kappa shape index (κ1) is 32.0. The minimum atomic E-state index is -3.98. The van der Waals surface area contributed by atoms with Crippen LogP contribution in [0.4, 0.5) is 0 Å². The van der Waals surface area contributed by atoms with Crippen LogP contribution in [-0.2, 0) is 32.5 Å². The first-order valence-electron chi connectivity index (χ1n) is 16.2. The van der Waals surface area contributed by atoms with Crippen molar-refractivity contribution in [1.29, 1.82) is 0 Å². The van der Waals surface area contributed by atoms with E-state index >= 15 is 0 Å². The van der Waals surface area contributed by atoms with Crippen molar-refractivity contribution in [2.75, 3.05) is 0 Å². The van der Waals surface area contributed by atoms with E-state index in [9.17, 15) is 13.2 Å². The minimum absolute atomic E-state index is 0.0688. The number of rotatable bonds is 8. The first-order valence-corrected chi connectivity index (χ1v) is 17.7.